The molecule has 1 atom stereocenters. The molecule has 0 aliphatic carbocycles. The molecule has 1 aromatic carbocycles. The van der Waals surface area contributed by atoms with E-state index in [0.717, 1.165) is 0 Å². The van der Waals surface area contributed by atoms with Crippen LogP contribution in [0.15, 0.2) is 24.3 Å². The predicted molar refractivity (Wildman–Crippen MR) is 67.1 cm³/mol. The van der Waals surface area contributed by atoms with Crippen molar-refractivity contribution in [2.24, 2.45) is 0 Å². The highest BCUT2D eigenvalue weighted by atomic mass is 19.4. The van der Waals surface area contributed by atoms with Crippen LogP contribution < -0.4 is 4.74 Å². The summed E-state index contributed by atoms with van der Waals surface area (Å²) in [7, 11) is 0. The lowest BCUT2D eigenvalue weighted by Crippen LogP contribution is -2.35. The average molecular weight is 344 g/mol. The third-order valence-electron chi connectivity index (χ3n) is 3.16. The van der Waals surface area contributed by atoms with Crippen molar-refractivity contribution in [3.05, 3.63) is 29.8 Å². The monoisotopic (exact) mass is 344 g/mol. The fourth-order valence-corrected chi connectivity index (χ4v) is 2.29. The van der Waals surface area contributed by atoms with Gasteiger partial charge in [-0.1, -0.05) is 18.2 Å². The summed E-state index contributed by atoms with van der Waals surface area (Å²) in [6.07, 6.45) is -10.8. The van der Waals surface area contributed by atoms with Crippen molar-refractivity contribution in [3.8, 4) is 5.75 Å². The lowest BCUT2D eigenvalue weighted by molar-refractivity contribution is -0.265. The molecule has 1 unspecified atom stereocenters. The van der Waals surface area contributed by atoms with E-state index in [4.69, 9.17) is 4.74 Å². The van der Waals surface area contributed by atoms with Crippen molar-refractivity contribution in [2.75, 3.05) is 19.8 Å². The molecule has 23 heavy (non-hydrogen) atoms. The highest BCUT2D eigenvalue weighted by Gasteiger charge is 2.38. The van der Waals surface area contributed by atoms with Crippen molar-refractivity contribution in [2.45, 2.75) is 31.0 Å². The molecule has 1 heterocycles. The summed E-state index contributed by atoms with van der Waals surface area (Å²) in [5.41, 5.74) is 0.466. The number of hydrogen-bond acceptors (Lipinski definition) is 3. The number of halogens is 6. The molecule has 0 radical (unpaired) electrons. The first kappa shape index (κ1) is 17.9. The first-order valence-corrected chi connectivity index (χ1v) is 6.74. The first-order chi connectivity index (χ1) is 10.7. The molecule has 1 aliphatic rings. The van der Waals surface area contributed by atoms with E-state index in [0.29, 0.717) is 11.3 Å². The minimum absolute atomic E-state index is 0.156. The summed E-state index contributed by atoms with van der Waals surface area (Å²) in [5, 5.41) is 0. The molecule has 2 rings (SSSR count). The number of rotatable bonds is 5. The molecule has 1 aliphatic heterocycles. The van der Waals surface area contributed by atoms with Gasteiger partial charge in [-0.25, -0.2) is 0 Å². The minimum atomic E-state index is -4.66. The lowest BCUT2D eigenvalue weighted by atomic mass is 9.92. The van der Waals surface area contributed by atoms with Gasteiger partial charge in [0.05, 0.1) is 6.61 Å². The Balaban J connectivity index is 2.16. The van der Waals surface area contributed by atoms with Gasteiger partial charge in [0.2, 0.25) is 0 Å². The molecule has 0 amide bonds. The Morgan fingerprint density at radius 3 is 2.13 bits per heavy atom. The van der Waals surface area contributed by atoms with E-state index in [-0.39, 0.29) is 13.0 Å². The van der Waals surface area contributed by atoms with Gasteiger partial charge < -0.3 is 14.2 Å². The topological polar surface area (TPSA) is 27.7 Å². The van der Waals surface area contributed by atoms with E-state index in [2.05, 4.69) is 9.47 Å². The van der Waals surface area contributed by atoms with Crippen LogP contribution in [0.1, 0.15) is 17.9 Å². The second-order valence-electron chi connectivity index (χ2n) is 5.00. The van der Waals surface area contributed by atoms with Gasteiger partial charge in [-0.15, -0.1) is 0 Å². The Hall–Kier alpha value is -1.48. The van der Waals surface area contributed by atoms with Gasteiger partial charge in [0.1, 0.15) is 19.0 Å². The van der Waals surface area contributed by atoms with Crippen LogP contribution in [-0.4, -0.2) is 38.5 Å². The summed E-state index contributed by atoms with van der Waals surface area (Å²) >= 11 is 0. The fraction of sp³-hybridized carbons (Fsp3) is 0.571. The average Bonchev–Trinajstić information content (AvgIpc) is 2.45. The third kappa shape index (κ3) is 5.58. The second-order valence-corrected chi connectivity index (χ2v) is 5.00. The number of alkyl halides is 6. The Labute approximate surface area is 128 Å². The van der Waals surface area contributed by atoms with E-state index in [1.807, 2.05) is 0 Å². The molecule has 0 aromatic heterocycles. The predicted octanol–water partition coefficient (Wildman–Crippen LogP) is 4.04. The zero-order valence-corrected chi connectivity index (χ0v) is 11.8. The number of benzene rings is 1. The first-order valence-electron chi connectivity index (χ1n) is 6.74. The van der Waals surface area contributed by atoms with Crippen molar-refractivity contribution in [3.63, 3.8) is 0 Å². The van der Waals surface area contributed by atoms with E-state index in [1.54, 1.807) is 24.3 Å². The van der Waals surface area contributed by atoms with Crippen LogP contribution in [0.3, 0.4) is 0 Å². The van der Waals surface area contributed by atoms with Gasteiger partial charge in [0, 0.05) is 11.5 Å². The van der Waals surface area contributed by atoms with Crippen LogP contribution in [0.2, 0.25) is 0 Å². The third-order valence-corrected chi connectivity index (χ3v) is 3.16. The summed E-state index contributed by atoms with van der Waals surface area (Å²) in [4.78, 5) is 0. The van der Waals surface area contributed by atoms with Crippen LogP contribution in [0, 0.1) is 0 Å². The molecule has 0 spiro atoms. The van der Waals surface area contributed by atoms with Crippen LogP contribution in [-0.2, 0) is 9.47 Å². The molecule has 0 N–H and O–H groups in total. The van der Waals surface area contributed by atoms with Gasteiger partial charge in [-0.2, -0.15) is 26.3 Å². The molecule has 130 valence electrons. The number of para-hydroxylation sites is 1. The van der Waals surface area contributed by atoms with Crippen LogP contribution in [0.5, 0.6) is 5.75 Å². The fourth-order valence-electron chi connectivity index (χ4n) is 2.29. The van der Waals surface area contributed by atoms with E-state index in [9.17, 15) is 26.3 Å². The zero-order valence-electron chi connectivity index (χ0n) is 11.8. The van der Waals surface area contributed by atoms with Crippen LogP contribution in [0.25, 0.3) is 0 Å². The van der Waals surface area contributed by atoms with Gasteiger partial charge >= 0.3 is 12.4 Å². The SMILES string of the molecule is FC(F)(F)COC(OCC(F)(F)F)C1CCOc2ccccc21. The van der Waals surface area contributed by atoms with E-state index < -0.39 is 37.8 Å². The van der Waals surface area contributed by atoms with Crippen LogP contribution in [0.4, 0.5) is 26.3 Å². The largest absolute Gasteiger partial charge is 0.493 e. The summed E-state index contributed by atoms with van der Waals surface area (Å²) in [6.45, 7) is -3.22. The molecular formula is C14H14F6O3. The Morgan fingerprint density at radius 1 is 1.00 bits per heavy atom. The maximum Gasteiger partial charge on any atom is 0.411 e. The molecule has 0 saturated heterocycles. The molecule has 3 nitrogen and oxygen atoms in total. The zero-order chi connectivity index (χ0) is 17.1. The van der Waals surface area contributed by atoms with Gasteiger partial charge in [-0.05, 0) is 12.5 Å². The number of hydrogen-bond donors (Lipinski definition) is 0. The minimum Gasteiger partial charge on any atom is -0.493 e. The maximum absolute atomic E-state index is 12.3. The molecule has 1 aromatic rings. The lowest BCUT2D eigenvalue weighted by Gasteiger charge is -2.32. The van der Waals surface area contributed by atoms with Crippen molar-refractivity contribution in [1.29, 1.82) is 0 Å². The van der Waals surface area contributed by atoms with Crippen molar-refractivity contribution >= 4 is 0 Å². The quantitative estimate of drug-likeness (QED) is 0.596. The van der Waals surface area contributed by atoms with E-state index in [1.165, 1.54) is 0 Å². The molecule has 0 bridgehead atoms. The smallest absolute Gasteiger partial charge is 0.411 e. The molecule has 0 saturated carbocycles. The summed E-state index contributed by atoms with van der Waals surface area (Å²) < 4.78 is 88.5. The molecule has 9 heteroatoms. The Morgan fingerprint density at radius 2 is 1.57 bits per heavy atom. The highest BCUT2D eigenvalue weighted by molar-refractivity contribution is 5.38. The maximum atomic E-state index is 12.3. The van der Waals surface area contributed by atoms with Crippen molar-refractivity contribution < 1.29 is 40.6 Å². The Kier molecular flexibility index (Phi) is 5.41. The normalized spacial score (nSPS) is 18.7. The van der Waals surface area contributed by atoms with Crippen molar-refractivity contribution in [1.82, 2.24) is 0 Å². The van der Waals surface area contributed by atoms with Gasteiger partial charge in [0.15, 0.2) is 6.29 Å². The molecule has 0 fully saturated rings. The van der Waals surface area contributed by atoms with E-state index >= 15 is 0 Å². The number of fused-ring (bicyclic) bond motifs is 1. The molecular weight excluding hydrogens is 330 g/mol. The Bertz CT molecular complexity index is 496. The second kappa shape index (κ2) is 6.96. The number of ether oxygens (including phenoxy) is 3. The van der Waals surface area contributed by atoms with Crippen LogP contribution >= 0.6 is 0 Å². The summed E-state index contributed by atoms with van der Waals surface area (Å²) in [5.74, 6) is -0.371. The van der Waals surface area contributed by atoms with Gasteiger partial charge in [0.25, 0.3) is 0 Å². The standard InChI is InChI=1S/C14H14F6O3/c15-13(16,17)7-22-12(23-8-14(18,19)20)10-5-6-21-11-4-2-1-3-9(10)11/h1-4,10,12H,5-8H2. The highest BCUT2D eigenvalue weighted by Crippen LogP contribution is 2.38. The summed E-state index contributed by atoms with van der Waals surface area (Å²) in [6, 6.07) is 6.43. The van der Waals surface area contributed by atoms with Gasteiger partial charge in [-0.3, -0.25) is 0 Å².